The number of aromatic nitrogens is 1. The molecular formula is C14H15BrN2O. The van der Waals surface area contributed by atoms with Gasteiger partial charge in [-0.1, -0.05) is 22.0 Å². The van der Waals surface area contributed by atoms with Crippen LogP contribution in [0.15, 0.2) is 41.0 Å². The molecule has 0 fully saturated rings. The maximum Gasteiger partial charge on any atom is 0.223 e. The minimum atomic E-state index is -0.107. The topological polar surface area (TPSA) is 48.1 Å². The summed E-state index contributed by atoms with van der Waals surface area (Å²) < 4.78 is 6.87. The van der Waals surface area contributed by atoms with E-state index in [-0.39, 0.29) is 6.04 Å². The van der Waals surface area contributed by atoms with E-state index in [2.05, 4.69) is 20.9 Å². The third kappa shape index (κ3) is 2.89. The SMILES string of the molecule is Cc1cc(Br)ccc1Oc1ncccc1[C@H](C)N. The van der Waals surface area contributed by atoms with Crippen molar-refractivity contribution in [3.8, 4) is 11.6 Å². The van der Waals surface area contributed by atoms with Gasteiger partial charge in [-0.25, -0.2) is 4.98 Å². The Kier molecular flexibility index (Phi) is 3.99. The molecule has 4 heteroatoms. The van der Waals surface area contributed by atoms with Crippen molar-refractivity contribution >= 4 is 15.9 Å². The lowest BCUT2D eigenvalue weighted by atomic mass is 10.1. The van der Waals surface area contributed by atoms with Gasteiger partial charge in [-0.05, 0) is 43.7 Å². The molecule has 1 heterocycles. The minimum absolute atomic E-state index is 0.107. The monoisotopic (exact) mass is 306 g/mol. The molecule has 1 aromatic carbocycles. The Labute approximate surface area is 115 Å². The Morgan fingerprint density at radius 3 is 2.78 bits per heavy atom. The van der Waals surface area contributed by atoms with Crippen molar-refractivity contribution in [2.75, 3.05) is 0 Å². The van der Waals surface area contributed by atoms with Gasteiger partial charge >= 0.3 is 0 Å². The van der Waals surface area contributed by atoms with E-state index in [1.54, 1.807) is 6.20 Å². The molecule has 0 unspecified atom stereocenters. The van der Waals surface area contributed by atoms with Crippen molar-refractivity contribution in [3.63, 3.8) is 0 Å². The van der Waals surface area contributed by atoms with Crippen LogP contribution in [-0.4, -0.2) is 4.98 Å². The number of ether oxygens (including phenoxy) is 1. The standard InChI is InChI=1S/C14H15BrN2O/c1-9-8-11(15)5-6-13(9)18-14-12(10(2)16)4-3-7-17-14/h3-8,10H,16H2,1-2H3/t10-/m0/s1. The number of nitrogens with zero attached hydrogens (tertiary/aromatic N) is 1. The molecule has 0 bridgehead atoms. The van der Waals surface area contributed by atoms with Crippen LogP contribution in [-0.2, 0) is 0 Å². The first-order valence-electron chi connectivity index (χ1n) is 5.72. The summed E-state index contributed by atoms with van der Waals surface area (Å²) in [7, 11) is 0. The van der Waals surface area contributed by atoms with E-state index in [9.17, 15) is 0 Å². The first kappa shape index (κ1) is 13.1. The fraction of sp³-hybridized carbons (Fsp3) is 0.214. The third-order valence-corrected chi connectivity index (χ3v) is 3.13. The second-order valence-electron chi connectivity index (χ2n) is 4.20. The summed E-state index contributed by atoms with van der Waals surface area (Å²) in [4.78, 5) is 4.24. The molecule has 2 rings (SSSR count). The second-order valence-corrected chi connectivity index (χ2v) is 5.11. The average Bonchev–Trinajstić information content (AvgIpc) is 2.33. The highest BCUT2D eigenvalue weighted by atomic mass is 79.9. The van der Waals surface area contributed by atoms with E-state index >= 15 is 0 Å². The van der Waals surface area contributed by atoms with Crippen molar-refractivity contribution in [2.24, 2.45) is 5.73 Å². The first-order chi connectivity index (χ1) is 8.58. The molecule has 3 nitrogen and oxygen atoms in total. The summed E-state index contributed by atoms with van der Waals surface area (Å²) in [5, 5.41) is 0. The second kappa shape index (κ2) is 5.50. The number of aryl methyl sites for hydroxylation is 1. The van der Waals surface area contributed by atoms with Crippen LogP contribution in [0.5, 0.6) is 11.6 Å². The van der Waals surface area contributed by atoms with Gasteiger partial charge in [-0.3, -0.25) is 0 Å². The van der Waals surface area contributed by atoms with Crippen molar-refractivity contribution in [2.45, 2.75) is 19.9 Å². The summed E-state index contributed by atoms with van der Waals surface area (Å²) in [6, 6.07) is 9.55. The van der Waals surface area contributed by atoms with Gasteiger partial charge < -0.3 is 10.5 Å². The predicted octanol–water partition coefficient (Wildman–Crippen LogP) is 3.96. The van der Waals surface area contributed by atoms with E-state index in [1.165, 1.54) is 0 Å². The van der Waals surface area contributed by atoms with E-state index in [1.807, 2.05) is 44.2 Å². The Bertz CT molecular complexity index is 555. The molecule has 94 valence electrons. The van der Waals surface area contributed by atoms with E-state index in [0.29, 0.717) is 5.88 Å². The molecule has 0 amide bonds. The molecule has 0 aliphatic carbocycles. The van der Waals surface area contributed by atoms with Crippen molar-refractivity contribution in [1.82, 2.24) is 4.98 Å². The maximum atomic E-state index is 5.90. The number of benzene rings is 1. The number of pyridine rings is 1. The largest absolute Gasteiger partial charge is 0.438 e. The lowest BCUT2D eigenvalue weighted by Crippen LogP contribution is -2.07. The van der Waals surface area contributed by atoms with Crippen LogP contribution in [0.4, 0.5) is 0 Å². The number of halogens is 1. The van der Waals surface area contributed by atoms with Crippen LogP contribution < -0.4 is 10.5 Å². The molecule has 1 aromatic heterocycles. The molecule has 0 saturated heterocycles. The van der Waals surface area contributed by atoms with Gasteiger partial charge in [0.15, 0.2) is 0 Å². The van der Waals surface area contributed by atoms with Gasteiger partial charge in [0.1, 0.15) is 5.75 Å². The van der Waals surface area contributed by atoms with E-state index < -0.39 is 0 Å². The molecule has 0 aliphatic heterocycles. The number of rotatable bonds is 3. The maximum absolute atomic E-state index is 5.90. The van der Waals surface area contributed by atoms with Crippen LogP contribution in [0.25, 0.3) is 0 Å². The molecule has 0 aliphatic rings. The molecule has 1 atom stereocenters. The molecule has 2 aromatic rings. The van der Waals surface area contributed by atoms with Gasteiger partial charge in [0.25, 0.3) is 0 Å². The summed E-state index contributed by atoms with van der Waals surface area (Å²) >= 11 is 3.43. The minimum Gasteiger partial charge on any atom is -0.438 e. The molecule has 0 radical (unpaired) electrons. The first-order valence-corrected chi connectivity index (χ1v) is 6.51. The molecule has 2 N–H and O–H groups in total. The Morgan fingerprint density at radius 1 is 1.33 bits per heavy atom. The summed E-state index contributed by atoms with van der Waals surface area (Å²) in [6.45, 7) is 3.91. The highest BCUT2D eigenvalue weighted by Gasteiger charge is 2.10. The van der Waals surface area contributed by atoms with Gasteiger partial charge in [-0.2, -0.15) is 0 Å². The van der Waals surface area contributed by atoms with Gasteiger partial charge in [0, 0.05) is 22.3 Å². The van der Waals surface area contributed by atoms with Crippen LogP contribution >= 0.6 is 15.9 Å². The molecule has 0 spiro atoms. The fourth-order valence-corrected chi connectivity index (χ4v) is 2.14. The quantitative estimate of drug-likeness (QED) is 0.933. The Balaban J connectivity index is 2.34. The normalized spacial score (nSPS) is 12.2. The fourth-order valence-electron chi connectivity index (χ4n) is 1.67. The molecule has 0 saturated carbocycles. The zero-order valence-electron chi connectivity index (χ0n) is 10.4. The van der Waals surface area contributed by atoms with E-state index in [0.717, 1.165) is 21.3 Å². The number of hydrogen-bond acceptors (Lipinski definition) is 3. The van der Waals surface area contributed by atoms with Crippen LogP contribution in [0.2, 0.25) is 0 Å². The van der Waals surface area contributed by atoms with Gasteiger partial charge in [-0.15, -0.1) is 0 Å². The average molecular weight is 307 g/mol. The third-order valence-electron chi connectivity index (χ3n) is 2.63. The zero-order valence-corrected chi connectivity index (χ0v) is 11.9. The summed E-state index contributed by atoms with van der Waals surface area (Å²) in [6.07, 6.45) is 1.70. The molecule has 18 heavy (non-hydrogen) atoms. The predicted molar refractivity (Wildman–Crippen MR) is 75.8 cm³/mol. The number of nitrogens with two attached hydrogens (primary N) is 1. The lowest BCUT2D eigenvalue weighted by Gasteiger charge is -2.13. The van der Waals surface area contributed by atoms with Crippen molar-refractivity contribution < 1.29 is 4.74 Å². The van der Waals surface area contributed by atoms with Gasteiger partial charge in [0.2, 0.25) is 5.88 Å². The highest BCUT2D eigenvalue weighted by Crippen LogP contribution is 2.29. The smallest absolute Gasteiger partial charge is 0.223 e. The summed E-state index contributed by atoms with van der Waals surface area (Å²) in [5.41, 5.74) is 7.85. The van der Waals surface area contributed by atoms with E-state index in [4.69, 9.17) is 10.5 Å². The van der Waals surface area contributed by atoms with Crippen LogP contribution in [0.3, 0.4) is 0 Å². The van der Waals surface area contributed by atoms with Crippen LogP contribution in [0, 0.1) is 6.92 Å². The molecular weight excluding hydrogens is 292 g/mol. The zero-order chi connectivity index (χ0) is 13.1. The van der Waals surface area contributed by atoms with Crippen LogP contribution in [0.1, 0.15) is 24.1 Å². The van der Waals surface area contributed by atoms with Crippen molar-refractivity contribution in [1.29, 1.82) is 0 Å². The Morgan fingerprint density at radius 2 is 2.11 bits per heavy atom. The lowest BCUT2D eigenvalue weighted by molar-refractivity contribution is 0.449. The number of hydrogen-bond donors (Lipinski definition) is 1. The Hall–Kier alpha value is -1.39. The van der Waals surface area contributed by atoms with Crippen molar-refractivity contribution in [3.05, 3.63) is 52.1 Å². The summed E-state index contributed by atoms with van der Waals surface area (Å²) in [5.74, 6) is 1.36. The van der Waals surface area contributed by atoms with Gasteiger partial charge in [0.05, 0.1) is 0 Å². The highest BCUT2D eigenvalue weighted by molar-refractivity contribution is 9.10.